The maximum atomic E-state index is 8.55. The molecular formula is C45H28N4O. The summed E-state index contributed by atoms with van der Waals surface area (Å²) in [7, 11) is 0. The molecule has 5 heteroatoms. The topological polar surface area (TPSA) is 56.7 Å². The van der Waals surface area contributed by atoms with Crippen molar-refractivity contribution < 1.29 is 11.3 Å². The van der Waals surface area contributed by atoms with Gasteiger partial charge in [0, 0.05) is 38.2 Å². The SMILES string of the molecule is [2H]c1c([2H])c([2H])c(-c2cccc(-c3nc(-c4ccccc4)nc(-c4ccc5c(c4)oc4c(-n6c7ccccc7c7ccccc76)cccc45)n3)c2)c([2H])c1[2H]. The first-order valence-corrected chi connectivity index (χ1v) is 16.3. The maximum absolute atomic E-state index is 8.55. The fourth-order valence-electron chi connectivity index (χ4n) is 6.84. The van der Waals surface area contributed by atoms with Crippen molar-refractivity contribution in [1.82, 2.24) is 19.5 Å². The highest BCUT2D eigenvalue weighted by molar-refractivity contribution is 6.13. The van der Waals surface area contributed by atoms with E-state index in [0.29, 0.717) is 34.2 Å². The average Bonchev–Trinajstić information content (AvgIpc) is 3.78. The highest BCUT2D eigenvalue weighted by atomic mass is 16.3. The normalized spacial score (nSPS) is 13.0. The number of rotatable bonds is 5. The van der Waals surface area contributed by atoms with Gasteiger partial charge in [0.25, 0.3) is 0 Å². The first-order valence-electron chi connectivity index (χ1n) is 18.8. The number of para-hydroxylation sites is 3. The van der Waals surface area contributed by atoms with Crippen molar-refractivity contribution in [3.05, 3.63) is 170 Å². The first-order chi connectivity index (χ1) is 26.9. The molecule has 10 aromatic rings. The standard InChI is InChI=1S/C45H28N4O/c1-3-13-29(14-4-1)31-17-11-18-32(27-31)44-46-43(30-15-5-2-6-16-30)47-45(48-44)33-25-26-36-37-21-12-24-40(42(37)50-41(36)28-33)49-38-22-9-7-19-34(38)35-20-8-10-23-39(35)49/h1-28H/i1D,3D,4D,13D,14D. The zero-order valence-electron chi connectivity index (χ0n) is 31.5. The van der Waals surface area contributed by atoms with Gasteiger partial charge in [0.05, 0.1) is 23.6 Å². The van der Waals surface area contributed by atoms with Crippen LogP contribution in [0.15, 0.2) is 174 Å². The molecule has 0 unspecified atom stereocenters. The smallest absolute Gasteiger partial charge is 0.164 e. The Morgan fingerprint density at radius 1 is 0.440 bits per heavy atom. The number of hydrogen-bond acceptors (Lipinski definition) is 4. The Morgan fingerprint density at radius 3 is 1.76 bits per heavy atom. The third-order valence-electron chi connectivity index (χ3n) is 9.13. The highest BCUT2D eigenvalue weighted by Crippen LogP contribution is 2.39. The number of fused-ring (bicyclic) bond motifs is 6. The van der Waals surface area contributed by atoms with E-state index in [0.717, 1.165) is 44.2 Å². The van der Waals surface area contributed by atoms with Gasteiger partial charge in [-0.2, -0.15) is 0 Å². The molecule has 7 aromatic carbocycles. The van der Waals surface area contributed by atoms with Crippen molar-refractivity contribution in [1.29, 1.82) is 0 Å². The minimum Gasteiger partial charge on any atom is -0.454 e. The lowest BCUT2D eigenvalue weighted by Crippen LogP contribution is -2.00. The van der Waals surface area contributed by atoms with Gasteiger partial charge in [-0.3, -0.25) is 0 Å². The van der Waals surface area contributed by atoms with Crippen molar-refractivity contribution in [3.8, 4) is 51.0 Å². The molecule has 0 aliphatic heterocycles. The summed E-state index contributed by atoms with van der Waals surface area (Å²) in [6, 6.07) is 44.0. The van der Waals surface area contributed by atoms with Gasteiger partial charge in [0.2, 0.25) is 0 Å². The van der Waals surface area contributed by atoms with E-state index in [-0.39, 0.29) is 17.6 Å². The lowest BCUT2D eigenvalue weighted by atomic mass is 10.0. The molecule has 50 heavy (non-hydrogen) atoms. The predicted molar refractivity (Wildman–Crippen MR) is 203 cm³/mol. The maximum Gasteiger partial charge on any atom is 0.164 e. The third kappa shape index (κ3) is 4.60. The van der Waals surface area contributed by atoms with Crippen LogP contribution in [0.3, 0.4) is 0 Å². The minimum absolute atomic E-state index is 0.112. The van der Waals surface area contributed by atoms with Crippen LogP contribution in [0.25, 0.3) is 94.7 Å². The van der Waals surface area contributed by atoms with E-state index in [1.165, 1.54) is 10.8 Å². The largest absolute Gasteiger partial charge is 0.454 e. The van der Waals surface area contributed by atoms with Gasteiger partial charge >= 0.3 is 0 Å². The Balaban J connectivity index is 1.14. The summed E-state index contributed by atoms with van der Waals surface area (Å²) < 4.78 is 50.5. The van der Waals surface area contributed by atoms with Crippen molar-refractivity contribution in [3.63, 3.8) is 0 Å². The monoisotopic (exact) mass is 645 g/mol. The molecule has 0 aliphatic rings. The van der Waals surface area contributed by atoms with E-state index in [1.54, 1.807) is 18.2 Å². The summed E-state index contributed by atoms with van der Waals surface area (Å²) in [5.41, 5.74) is 7.30. The summed E-state index contributed by atoms with van der Waals surface area (Å²) in [5.74, 6) is 1.27. The Kier molecular flexibility index (Phi) is 5.35. The van der Waals surface area contributed by atoms with Crippen LogP contribution in [0, 0.1) is 0 Å². The minimum atomic E-state index is -0.436. The molecule has 0 aliphatic carbocycles. The number of hydrogen-bond donors (Lipinski definition) is 0. The lowest BCUT2D eigenvalue weighted by molar-refractivity contribution is 0.666. The van der Waals surface area contributed by atoms with Crippen LogP contribution in [-0.4, -0.2) is 19.5 Å². The predicted octanol–water partition coefficient (Wildman–Crippen LogP) is 11.5. The summed E-state index contributed by atoms with van der Waals surface area (Å²) in [6.07, 6.45) is 0. The Labute approximate surface area is 294 Å². The number of benzene rings is 7. The van der Waals surface area contributed by atoms with E-state index in [9.17, 15) is 0 Å². The summed E-state index contributed by atoms with van der Waals surface area (Å²) in [5, 5.41) is 4.30. The molecule has 0 spiro atoms. The second-order valence-corrected chi connectivity index (χ2v) is 12.1. The third-order valence-corrected chi connectivity index (χ3v) is 9.13. The quantitative estimate of drug-likeness (QED) is 0.187. The molecule has 0 fully saturated rings. The van der Waals surface area contributed by atoms with Crippen LogP contribution in [0.2, 0.25) is 0 Å². The van der Waals surface area contributed by atoms with Crippen LogP contribution >= 0.6 is 0 Å². The zero-order chi connectivity index (χ0) is 37.4. The Hall–Kier alpha value is -6.85. The molecule has 234 valence electrons. The molecule has 3 heterocycles. The van der Waals surface area contributed by atoms with E-state index in [4.69, 9.17) is 26.2 Å². The van der Waals surface area contributed by atoms with E-state index < -0.39 is 18.1 Å². The fraction of sp³-hybridized carbons (Fsp3) is 0. The molecule has 0 atom stereocenters. The summed E-state index contributed by atoms with van der Waals surface area (Å²) in [6.45, 7) is 0. The number of furan rings is 1. The molecule has 3 aromatic heterocycles. The number of aromatic nitrogens is 4. The Bertz CT molecular complexity index is 3090. The van der Waals surface area contributed by atoms with Crippen LogP contribution in [0.4, 0.5) is 0 Å². The van der Waals surface area contributed by atoms with Gasteiger partial charge in [-0.15, -0.1) is 0 Å². The average molecular weight is 646 g/mol. The first kappa shape index (κ1) is 23.5. The highest BCUT2D eigenvalue weighted by Gasteiger charge is 2.19. The van der Waals surface area contributed by atoms with Gasteiger partial charge in [-0.05, 0) is 47.5 Å². The van der Waals surface area contributed by atoms with Gasteiger partial charge in [0.1, 0.15) is 5.58 Å². The van der Waals surface area contributed by atoms with Crippen LogP contribution < -0.4 is 0 Å². The summed E-state index contributed by atoms with van der Waals surface area (Å²) >= 11 is 0. The van der Waals surface area contributed by atoms with E-state index >= 15 is 0 Å². The van der Waals surface area contributed by atoms with Gasteiger partial charge in [-0.25, -0.2) is 15.0 Å². The van der Waals surface area contributed by atoms with Crippen molar-refractivity contribution in [2.75, 3.05) is 0 Å². The van der Waals surface area contributed by atoms with E-state index in [2.05, 4.69) is 71.3 Å². The zero-order valence-corrected chi connectivity index (χ0v) is 26.5. The molecular weight excluding hydrogens is 613 g/mol. The molecule has 0 saturated heterocycles. The Morgan fingerprint density at radius 2 is 1.02 bits per heavy atom. The van der Waals surface area contributed by atoms with Crippen LogP contribution in [0.5, 0.6) is 0 Å². The molecule has 0 amide bonds. The van der Waals surface area contributed by atoms with Gasteiger partial charge < -0.3 is 8.98 Å². The molecule has 0 radical (unpaired) electrons. The molecule has 0 bridgehead atoms. The second kappa shape index (κ2) is 11.4. The van der Waals surface area contributed by atoms with Gasteiger partial charge in [-0.1, -0.05) is 133 Å². The number of nitrogens with zero attached hydrogens (tertiary/aromatic N) is 4. The second-order valence-electron chi connectivity index (χ2n) is 12.1. The molecule has 5 nitrogen and oxygen atoms in total. The summed E-state index contributed by atoms with van der Waals surface area (Å²) in [4.78, 5) is 14.7. The van der Waals surface area contributed by atoms with E-state index in [1.807, 2.05) is 54.6 Å². The van der Waals surface area contributed by atoms with Gasteiger partial charge in [0.15, 0.2) is 23.1 Å². The van der Waals surface area contributed by atoms with Crippen molar-refractivity contribution >= 4 is 43.7 Å². The fourth-order valence-corrected chi connectivity index (χ4v) is 6.84. The van der Waals surface area contributed by atoms with Crippen LogP contribution in [0.1, 0.15) is 6.85 Å². The lowest BCUT2D eigenvalue weighted by Gasteiger charge is -2.09. The van der Waals surface area contributed by atoms with Crippen molar-refractivity contribution in [2.45, 2.75) is 0 Å². The molecule has 10 rings (SSSR count). The van der Waals surface area contributed by atoms with Crippen LogP contribution in [-0.2, 0) is 0 Å². The van der Waals surface area contributed by atoms with Crippen molar-refractivity contribution in [2.24, 2.45) is 0 Å². The molecule has 0 saturated carbocycles. The molecule has 0 N–H and O–H groups in total.